The van der Waals surface area contributed by atoms with Gasteiger partial charge in [-0.2, -0.15) is 0 Å². The standard InChI is InChI=1S/C13H18N2O5S/c1-2-6-11(13(17)18)15-12(16)9-14-21(19,20)10-7-4-3-5-8-10/h3-5,7-8,11,14H,2,6,9H2,1H3,(H,15,16)(H,17,18). The van der Waals surface area contributed by atoms with E-state index in [1.165, 1.54) is 12.1 Å². The first-order valence-corrected chi connectivity index (χ1v) is 7.92. The molecular formula is C13H18N2O5S. The summed E-state index contributed by atoms with van der Waals surface area (Å²) in [5.74, 6) is -1.83. The SMILES string of the molecule is CCCC(NC(=O)CNS(=O)(=O)c1ccccc1)C(=O)O. The Morgan fingerprint density at radius 1 is 1.24 bits per heavy atom. The second kappa shape index (κ2) is 7.75. The van der Waals surface area contributed by atoms with Gasteiger partial charge in [0.15, 0.2) is 0 Å². The molecule has 0 saturated heterocycles. The van der Waals surface area contributed by atoms with Crippen LogP contribution in [0.1, 0.15) is 19.8 Å². The van der Waals surface area contributed by atoms with Gasteiger partial charge in [-0.05, 0) is 18.6 Å². The molecule has 21 heavy (non-hydrogen) atoms. The monoisotopic (exact) mass is 314 g/mol. The number of amides is 1. The van der Waals surface area contributed by atoms with Crippen LogP contribution >= 0.6 is 0 Å². The Balaban J connectivity index is 2.58. The summed E-state index contributed by atoms with van der Waals surface area (Å²) in [5.41, 5.74) is 0. The summed E-state index contributed by atoms with van der Waals surface area (Å²) >= 11 is 0. The van der Waals surface area contributed by atoms with E-state index in [9.17, 15) is 18.0 Å². The largest absolute Gasteiger partial charge is 0.480 e. The molecule has 0 heterocycles. The van der Waals surface area contributed by atoms with Gasteiger partial charge in [-0.1, -0.05) is 31.5 Å². The van der Waals surface area contributed by atoms with Crippen LogP contribution in [0.2, 0.25) is 0 Å². The molecule has 0 aliphatic rings. The smallest absolute Gasteiger partial charge is 0.326 e. The zero-order chi connectivity index (χ0) is 15.9. The maximum atomic E-state index is 11.9. The average molecular weight is 314 g/mol. The fraction of sp³-hybridized carbons (Fsp3) is 0.385. The van der Waals surface area contributed by atoms with Crippen LogP contribution in [0, 0.1) is 0 Å². The number of carboxylic acid groups (broad SMARTS) is 1. The van der Waals surface area contributed by atoms with Crippen LogP contribution in [-0.4, -0.2) is 38.0 Å². The van der Waals surface area contributed by atoms with E-state index >= 15 is 0 Å². The zero-order valence-electron chi connectivity index (χ0n) is 11.6. The lowest BCUT2D eigenvalue weighted by atomic mass is 10.2. The van der Waals surface area contributed by atoms with Crippen LogP contribution in [0.25, 0.3) is 0 Å². The molecule has 0 fully saturated rings. The molecule has 1 aromatic rings. The quantitative estimate of drug-likeness (QED) is 0.640. The minimum atomic E-state index is -3.78. The van der Waals surface area contributed by atoms with Gasteiger partial charge in [-0.3, -0.25) is 4.79 Å². The first-order chi connectivity index (χ1) is 9.86. The number of carbonyl (C=O) groups excluding carboxylic acids is 1. The molecule has 0 saturated carbocycles. The topological polar surface area (TPSA) is 113 Å². The van der Waals surface area contributed by atoms with Gasteiger partial charge in [0.1, 0.15) is 6.04 Å². The van der Waals surface area contributed by atoms with Crippen molar-refractivity contribution in [2.75, 3.05) is 6.54 Å². The molecule has 1 rings (SSSR count). The van der Waals surface area contributed by atoms with E-state index < -0.39 is 34.5 Å². The molecule has 0 aliphatic carbocycles. The number of hydrogen-bond donors (Lipinski definition) is 3. The van der Waals surface area contributed by atoms with Gasteiger partial charge in [-0.25, -0.2) is 17.9 Å². The Kier molecular flexibility index (Phi) is 6.32. The second-order valence-corrected chi connectivity index (χ2v) is 6.15. The van der Waals surface area contributed by atoms with Crippen LogP contribution in [0.15, 0.2) is 35.2 Å². The molecular weight excluding hydrogens is 296 g/mol. The molecule has 0 aliphatic heterocycles. The lowest BCUT2D eigenvalue weighted by Gasteiger charge is -2.13. The summed E-state index contributed by atoms with van der Waals surface area (Å²) in [6.45, 7) is 1.28. The van der Waals surface area contributed by atoms with Gasteiger partial charge >= 0.3 is 5.97 Å². The highest BCUT2D eigenvalue weighted by atomic mass is 32.2. The van der Waals surface area contributed by atoms with Crippen LogP contribution in [0.4, 0.5) is 0 Å². The summed E-state index contributed by atoms with van der Waals surface area (Å²) in [7, 11) is -3.78. The highest BCUT2D eigenvalue weighted by molar-refractivity contribution is 7.89. The van der Waals surface area contributed by atoms with E-state index in [4.69, 9.17) is 5.11 Å². The van der Waals surface area contributed by atoms with Crippen LogP contribution in [0.3, 0.4) is 0 Å². The molecule has 8 heteroatoms. The second-order valence-electron chi connectivity index (χ2n) is 4.38. The predicted molar refractivity (Wildman–Crippen MR) is 76.1 cm³/mol. The minimum Gasteiger partial charge on any atom is -0.480 e. The van der Waals surface area contributed by atoms with E-state index in [1.807, 2.05) is 0 Å². The van der Waals surface area contributed by atoms with Gasteiger partial charge in [0.2, 0.25) is 15.9 Å². The number of benzene rings is 1. The van der Waals surface area contributed by atoms with Crippen molar-refractivity contribution in [2.24, 2.45) is 0 Å². The van der Waals surface area contributed by atoms with Gasteiger partial charge in [0.25, 0.3) is 0 Å². The number of hydrogen-bond acceptors (Lipinski definition) is 4. The Morgan fingerprint density at radius 2 is 1.86 bits per heavy atom. The molecule has 1 aromatic carbocycles. The Bertz CT molecular complexity index is 586. The first kappa shape index (κ1) is 17.1. The number of sulfonamides is 1. The first-order valence-electron chi connectivity index (χ1n) is 6.43. The van der Waals surface area contributed by atoms with Gasteiger partial charge in [0, 0.05) is 0 Å². The summed E-state index contributed by atoms with van der Waals surface area (Å²) < 4.78 is 25.9. The van der Waals surface area contributed by atoms with Gasteiger partial charge in [-0.15, -0.1) is 0 Å². The molecule has 1 unspecified atom stereocenters. The molecule has 0 radical (unpaired) electrons. The molecule has 1 amide bonds. The van der Waals surface area contributed by atoms with E-state index in [0.717, 1.165) is 0 Å². The lowest BCUT2D eigenvalue weighted by molar-refractivity contribution is -0.141. The van der Waals surface area contributed by atoms with E-state index in [-0.39, 0.29) is 11.3 Å². The lowest BCUT2D eigenvalue weighted by Crippen LogP contribution is -2.45. The average Bonchev–Trinajstić information content (AvgIpc) is 2.45. The maximum absolute atomic E-state index is 11.9. The minimum absolute atomic E-state index is 0.0427. The third-order valence-corrected chi connectivity index (χ3v) is 4.10. The van der Waals surface area contributed by atoms with Crippen LogP contribution in [0.5, 0.6) is 0 Å². The molecule has 0 bridgehead atoms. The number of nitrogens with one attached hydrogen (secondary N) is 2. The number of aliphatic carboxylic acids is 1. The van der Waals surface area contributed by atoms with Gasteiger partial charge in [0.05, 0.1) is 11.4 Å². The molecule has 116 valence electrons. The van der Waals surface area contributed by atoms with Crippen molar-refractivity contribution in [3.8, 4) is 0 Å². The van der Waals surface area contributed by atoms with Crippen LogP contribution in [-0.2, 0) is 19.6 Å². The fourth-order valence-electron chi connectivity index (χ4n) is 1.63. The van der Waals surface area contributed by atoms with Crippen molar-refractivity contribution in [2.45, 2.75) is 30.7 Å². The van der Waals surface area contributed by atoms with Crippen molar-refractivity contribution in [1.82, 2.24) is 10.0 Å². The highest BCUT2D eigenvalue weighted by Gasteiger charge is 2.20. The fourth-order valence-corrected chi connectivity index (χ4v) is 2.64. The van der Waals surface area contributed by atoms with Crippen molar-refractivity contribution < 1.29 is 23.1 Å². The summed E-state index contributed by atoms with van der Waals surface area (Å²) in [5, 5.41) is 11.2. The van der Waals surface area contributed by atoms with Crippen molar-refractivity contribution in [3.63, 3.8) is 0 Å². The summed E-state index contributed by atoms with van der Waals surface area (Å²) in [4.78, 5) is 22.5. The summed E-state index contributed by atoms with van der Waals surface area (Å²) in [6.07, 6.45) is 0.875. The predicted octanol–water partition coefficient (Wildman–Crippen LogP) is 0.334. The van der Waals surface area contributed by atoms with Crippen molar-refractivity contribution >= 4 is 21.9 Å². The number of rotatable bonds is 8. The molecule has 7 nitrogen and oxygen atoms in total. The van der Waals surface area contributed by atoms with E-state index in [2.05, 4.69) is 10.0 Å². The summed E-state index contributed by atoms with van der Waals surface area (Å²) in [6, 6.07) is 6.60. The number of carboxylic acids is 1. The van der Waals surface area contributed by atoms with Crippen LogP contribution < -0.4 is 10.0 Å². The molecule has 1 atom stereocenters. The normalized spacial score (nSPS) is 12.6. The third-order valence-electron chi connectivity index (χ3n) is 2.69. The molecule has 3 N–H and O–H groups in total. The molecule has 0 aromatic heterocycles. The Hall–Kier alpha value is -1.93. The number of carbonyl (C=O) groups is 2. The molecule has 0 spiro atoms. The van der Waals surface area contributed by atoms with Crippen molar-refractivity contribution in [3.05, 3.63) is 30.3 Å². The Labute approximate surface area is 123 Å². The van der Waals surface area contributed by atoms with E-state index in [1.54, 1.807) is 25.1 Å². The highest BCUT2D eigenvalue weighted by Crippen LogP contribution is 2.06. The Morgan fingerprint density at radius 3 is 2.38 bits per heavy atom. The maximum Gasteiger partial charge on any atom is 0.326 e. The zero-order valence-corrected chi connectivity index (χ0v) is 12.4. The van der Waals surface area contributed by atoms with E-state index in [0.29, 0.717) is 6.42 Å². The van der Waals surface area contributed by atoms with Gasteiger partial charge < -0.3 is 10.4 Å². The van der Waals surface area contributed by atoms with Crippen molar-refractivity contribution in [1.29, 1.82) is 0 Å². The third kappa shape index (κ3) is 5.52.